The molecule has 156 valence electrons. The largest absolute Gasteiger partial charge is 0.495 e. The second-order valence-corrected chi connectivity index (χ2v) is 8.60. The van der Waals surface area contributed by atoms with Gasteiger partial charge in [0.2, 0.25) is 15.9 Å². The highest BCUT2D eigenvalue weighted by atomic mass is 32.2. The zero-order valence-corrected chi connectivity index (χ0v) is 17.9. The molecule has 0 aromatic heterocycles. The molecule has 30 heavy (non-hydrogen) atoms. The molecule has 0 radical (unpaired) electrons. The van der Waals surface area contributed by atoms with Crippen LogP contribution in [0.3, 0.4) is 0 Å². The van der Waals surface area contributed by atoms with E-state index < -0.39 is 16.1 Å². The number of methoxy groups -OCH3 is 1. The molecule has 0 aliphatic rings. The third-order valence-electron chi connectivity index (χ3n) is 4.59. The van der Waals surface area contributed by atoms with Crippen molar-refractivity contribution >= 4 is 21.6 Å². The summed E-state index contributed by atoms with van der Waals surface area (Å²) in [6.45, 7) is 3.34. The summed E-state index contributed by atoms with van der Waals surface area (Å²) in [4.78, 5) is 11.3. The van der Waals surface area contributed by atoms with Gasteiger partial charge in [-0.1, -0.05) is 60.2 Å². The fourth-order valence-electron chi connectivity index (χ4n) is 3.12. The number of benzene rings is 3. The first-order valence-corrected chi connectivity index (χ1v) is 10.9. The van der Waals surface area contributed by atoms with Crippen molar-refractivity contribution in [2.45, 2.75) is 24.8 Å². The van der Waals surface area contributed by atoms with E-state index in [4.69, 9.17) is 4.74 Å². The van der Waals surface area contributed by atoms with Crippen molar-refractivity contribution < 1.29 is 17.9 Å². The highest BCUT2D eigenvalue weighted by Crippen LogP contribution is 2.30. The summed E-state index contributed by atoms with van der Waals surface area (Å²) in [5, 5.41) is 2.60. The van der Waals surface area contributed by atoms with Crippen LogP contribution in [0, 0.1) is 6.92 Å². The van der Waals surface area contributed by atoms with Gasteiger partial charge >= 0.3 is 0 Å². The van der Waals surface area contributed by atoms with Gasteiger partial charge in [-0.15, -0.1) is 0 Å². The van der Waals surface area contributed by atoms with E-state index in [2.05, 4.69) is 10.0 Å². The predicted octanol–water partition coefficient (Wildman–Crippen LogP) is 4.03. The normalized spacial score (nSPS) is 12.2. The van der Waals surface area contributed by atoms with Crippen molar-refractivity contribution in [2.75, 3.05) is 12.4 Å². The number of carbonyl (C=O) groups is 1. The van der Waals surface area contributed by atoms with E-state index in [1.165, 1.54) is 26.2 Å². The third kappa shape index (κ3) is 5.06. The monoisotopic (exact) mass is 424 g/mol. The maximum absolute atomic E-state index is 13.4. The number of ether oxygens (including phenoxy) is 1. The summed E-state index contributed by atoms with van der Waals surface area (Å²) in [6.07, 6.45) is 0. The Labute approximate surface area is 177 Å². The fraction of sp³-hybridized carbons (Fsp3) is 0.174. The standard InChI is InChI=1S/C23H24N2O4S/c1-16-9-11-19(12-10-16)23(18-7-5-4-6-8-18)25-30(27,28)22-15-20(24-17(2)26)13-14-21(22)29-3/h4-15,23,25H,1-3H3,(H,24,26). The van der Waals surface area contributed by atoms with Crippen LogP contribution in [0.4, 0.5) is 5.69 Å². The van der Waals surface area contributed by atoms with E-state index in [0.29, 0.717) is 5.69 Å². The smallest absolute Gasteiger partial charge is 0.245 e. The van der Waals surface area contributed by atoms with Gasteiger partial charge in [0.15, 0.2) is 0 Å². The van der Waals surface area contributed by atoms with Crippen LogP contribution in [0.15, 0.2) is 77.7 Å². The minimum Gasteiger partial charge on any atom is -0.495 e. The second kappa shape index (κ2) is 9.11. The van der Waals surface area contributed by atoms with Crippen LogP contribution in [-0.4, -0.2) is 21.4 Å². The zero-order chi connectivity index (χ0) is 21.7. The van der Waals surface area contributed by atoms with Gasteiger partial charge in [-0.2, -0.15) is 4.72 Å². The minimum absolute atomic E-state index is 0.0516. The number of amides is 1. The molecule has 3 aromatic carbocycles. The lowest BCUT2D eigenvalue weighted by Gasteiger charge is -2.21. The Balaban J connectivity index is 2.05. The van der Waals surface area contributed by atoms with E-state index >= 15 is 0 Å². The minimum atomic E-state index is -3.99. The molecule has 0 aliphatic carbocycles. The topological polar surface area (TPSA) is 84.5 Å². The maximum Gasteiger partial charge on any atom is 0.245 e. The van der Waals surface area contributed by atoms with Crippen LogP contribution >= 0.6 is 0 Å². The molecule has 0 saturated heterocycles. The SMILES string of the molecule is COc1ccc(NC(C)=O)cc1S(=O)(=O)NC(c1ccccc1)c1ccc(C)cc1. The summed E-state index contributed by atoms with van der Waals surface area (Å²) in [6, 6.07) is 20.9. The summed E-state index contributed by atoms with van der Waals surface area (Å²) in [5.74, 6) is -0.106. The average Bonchev–Trinajstić information content (AvgIpc) is 2.73. The predicted molar refractivity (Wildman–Crippen MR) is 117 cm³/mol. The molecular formula is C23H24N2O4S. The van der Waals surface area contributed by atoms with Crippen molar-refractivity contribution in [3.63, 3.8) is 0 Å². The molecule has 1 unspecified atom stereocenters. The molecular weight excluding hydrogens is 400 g/mol. The number of anilines is 1. The van der Waals surface area contributed by atoms with E-state index in [1.807, 2.05) is 61.5 Å². The van der Waals surface area contributed by atoms with E-state index in [9.17, 15) is 13.2 Å². The zero-order valence-electron chi connectivity index (χ0n) is 17.0. The Morgan fingerprint density at radius 3 is 2.17 bits per heavy atom. The Bertz CT molecular complexity index is 1130. The van der Waals surface area contributed by atoms with E-state index in [1.54, 1.807) is 6.07 Å². The van der Waals surface area contributed by atoms with Crippen molar-refractivity contribution in [1.82, 2.24) is 4.72 Å². The number of nitrogens with one attached hydrogen (secondary N) is 2. The summed E-state index contributed by atoms with van der Waals surface area (Å²) in [5.41, 5.74) is 3.07. The molecule has 3 aromatic rings. The van der Waals surface area contributed by atoms with Gasteiger partial charge in [-0.25, -0.2) is 8.42 Å². The number of hydrogen-bond acceptors (Lipinski definition) is 4. The lowest BCUT2D eigenvalue weighted by Crippen LogP contribution is -2.30. The molecule has 0 saturated carbocycles. The fourth-order valence-corrected chi connectivity index (χ4v) is 4.53. The molecule has 6 nitrogen and oxygen atoms in total. The highest BCUT2D eigenvalue weighted by molar-refractivity contribution is 7.89. The summed E-state index contributed by atoms with van der Waals surface area (Å²) in [7, 11) is -2.59. The van der Waals surface area contributed by atoms with Gasteiger partial charge in [0.05, 0.1) is 13.2 Å². The Morgan fingerprint density at radius 1 is 0.933 bits per heavy atom. The van der Waals surface area contributed by atoms with Gasteiger partial charge in [-0.05, 0) is 36.2 Å². The molecule has 0 aliphatic heterocycles. The van der Waals surface area contributed by atoms with Gasteiger partial charge in [0, 0.05) is 12.6 Å². The maximum atomic E-state index is 13.4. The molecule has 1 amide bonds. The molecule has 0 spiro atoms. The van der Waals surface area contributed by atoms with Crippen LogP contribution in [0.5, 0.6) is 5.75 Å². The highest BCUT2D eigenvalue weighted by Gasteiger charge is 2.26. The van der Waals surface area contributed by atoms with E-state index in [0.717, 1.165) is 16.7 Å². The molecule has 7 heteroatoms. The number of rotatable bonds is 7. The Kier molecular flexibility index (Phi) is 6.54. The molecule has 1 atom stereocenters. The van der Waals surface area contributed by atoms with Crippen LogP contribution in [-0.2, 0) is 14.8 Å². The lowest BCUT2D eigenvalue weighted by molar-refractivity contribution is -0.114. The van der Waals surface area contributed by atoms with Crippen molar-refractivity contribution in [1.29, 1.82) is 0 Å². The van der Waals surface area contributed by atoms with Crippen molar-refractivity contribution in [2.24, 2.45) is 0 Å². The van der Waals surface area contributed by atoms with Crippen LogP contribution in [0.2, 0.25) is 0 Å². The van der Waals surface area contributed by atoms with Gasteiger partial charge < -0.3 is 10.1 Å². The lowest BCUT2D eigenvalue weighted by atomic mass is 9.99. The van der Waals surface area contributed by atoms with Crippen LogP contribution in [0.25, 0.3) is 0 Å². The summed E-state index contributed by atoms with van der Waals surface area (Å²) < 4.78 is 34.8. The number of sulfonamides is 1. The first-order chi connectivity index (χ1) is 14.3. The molecule has 0 bridgehead atoms. The van der Waals surface area contributed by atoms with Crippen molar-refractivity contribution in [3.05, 3.63) is 89.5 Å². The molecule has 0 fully saturated rings. The first-order valence-electron chi connectivity index (χ1n) is 9.39. The second-order valence-electron chi connectivity index (χ2n) is 6.92. The van der Waals surface area contributed by atoms with Crippen molar-refractivity contribution in [3.8, 4) is 5.75 Å². The number of carbonyl (C=O) groups excluding carboxylic acids is 1. The van der Waals surface area contributed by atoms with Gasteiger partial charge in [-0.3, -0.25) is 4.79 Å². The Morgan fingerprint density at radius 2 is 1.57 bits per heavy atom. The van der Waals surface area contributed by atoms with E-state index in [-0.39, 0.29) is 16.6 Å². The first kappa shape index (κ1) is 21.5. The summed E-state index contributed by atoms with van der Waals surface area (Å²) >= 11 is 0. The molecule has 3 rings (SSSR count). The third-order valence-corrected chi connectivity index (χ3v) is 6.03. The molecule has 0 heterocycles. The van der Waals surface area contributed by atoms with Gasteiger partial charge in [0.1, 0.15) is 10.6 Å². The number of hydrogen-bond donors (Lipinski definition) is 2. The van der Waals surface area contributed by atoms with Crippen LogP contribution < -0.4 is 14.8 Å². The Hall–Kier alpha value is -3.16. The van der Waals surface area contributed by atoms with Gasteiger partial charge in [0.25, 0.3) is 0 Å². The number of aryl methyl sites for hydroxylation is 1. The quantitative estimate of drug-likeness (QED) is 0.600. The average molecular weight is 425 g/mol. The molecule has 2 N–H and O–H groups in total. The van der Waals surface area contributed by atoms with Crippen LogP contribution in [0.1, 0.15) is 29.7 Å².